The molecule has 1 fully saturated rings. The lowest BCUT2D eigenvalue weighted by Gasteiger charge is -2.33. The molecule has 1 aliphatic carbocycles. The van der Waals surface area contributed by atoms with Crippen LogP contribution in [0, 0.1) is 17.7 Å². The van der Waals surface area contributed by atoms with E-state index in [1.54, 1.807) is 6.07 Å². The molecule has 2 atom stereocenters. The summed E-state index contributed by atoms with van der Waals surface area (Å²) in [6.07, 6.45) is 2.41. The van der Waals surface area contributed by atoms with Crippen LogP contribution in [0.2, 0.25) is 0 Å². The van der Waals surface area contributed by atoms with Gasteiger partial charge in [0.1, 0.15) is 5.82 Å². The molecule has 16 heavy (non-hydrogen) atoms. The van der Waals surface area contributed by atoms with E-state index in [1.807, 2.05) is 0 Å². The van der Waals surface area contributed by atoms with Crippen LogP contribution >= 0.6 is 15.9 Å². The fourth-order valence-electron chi connectivity index (χ4n) is 2.11. The zero-order chi connectivity index (χ0) is 11.7. The summed E-state index contributed by atoms with van der Waals surface area (Å²) < 4.78 is 13.6. The highest BCUT2D eigenvalue weighted by Gasteiger charge is 2.36. The zero-order valence-corrected chi connectivity index (χ0v) is 10.2. The smallest absolute Gasteiger partial charge is 0.306 e. The van der Waals surface area contributed by atoms with Gasteiger partial charge in [0.25, 0.3) is 0 Å². The normalized spacial score (nSPS) is 23.9. The Morgan fingerprint density at radius 3 is 2.75 bits per heavy atom. The van der Waals surface area contributed by atoms with Crippen molar-refractivity contribution in [3.8, 4) is 0 Å². The van der Waals surface area contributed by atoms with Crippen molar-refractivity contribution in [3.63, 3.8) is 0 Å². The van der Waals surface area contributed by atoms with Gasteiger partial charge in [-0.2, -0.15) is 0 Å². The van der Waals surface area contributed by atoms with Crippen molar-refractivity contribution in [2.45, 2.75) is 19.3 Å². The van der Waals surface area contributed by atoms with Gasteiger partial charge in [-0.25, -0.2) is 4.39 Å². The summed E-state index contributed by atoms with van der Waals surface area (Å²) in [4.78, 5) is 10.8. The standard InChI is InChI=1S/C12H12BrFO2/c13-11-6-9(14)3-1-8(11)5-7-2-4-10(7)12(15)16/h1,3,6-7,10H,2,4-5H2,(H,15,16). The predicted octanol–water partition coefficient (Wildman–Crippen LogP) is 3.24. The molecule has 1 aromatic carbocycles. The average molecular weight is 287 g/mol. The summed E-state index contributed by atoms with van der Waals surface area (Å²) in [6, 6.07) is 4.55. The Hall–Kier alpha value is -0.900. The molecule has 0 heterocycles. The van der Waals surface area contributed by atoms with Crippen LogP contribution in [-0.2, 0) is 11.2 Å². The Morgan fingerprint density at radius 2 is 2.25 bits per heavy atom. The highest BCUT2D eigenvalue weighted by molar-refractivity contribution is 9.10. The van der Waals surface area contributed by atoms with Crippen molar-refractivity contribution in [3.05, 3.63) is 34.1 Å². The molecule has 0 saturated heterocycles. The Morgan fingerprint density at radius 1 is 1.50 bits per heavy atom. The van der Waals surface area contributed by atoms with Crippen LogP contribution in [0.25, 0.3) is 0 Å². The number of hydrogen-bond donors (Lipinski definition) is 1. The number of hydrogen-bond acceptors (Lipinski definition) is 1. The van der Waals surface area contributed by atoms with E-state index < -0.39 is 5.97 Å². The van der Waals surface area contributed by atoms with Gasteiger partial charge >= 0.3 is 5.97 Å². The van der Waals surface area contributed by atoms with E-state index in [2.05, 4.69) is 15.9 Å². The molecule has 0 spiro atoms. The molecular formula is C12H12BrFO2. The number of halogens is 2. The van der Waals surface area contributed by atoms with E-state index in [0.717, 1.165) is 22.9 Å². The molecule has 1 saturated carbocycles. The van der Waals surface area contributed by atoms with Crippen molar-refractivity contribution in [2.75, 3.05) is 0 Å². The van der Waals surface area contributed by atoms with Crippen LogP contribution in [0.5, 0.6) is 0 Å². The first kappa shape index (κ1) is 11.6. The topological polar surface area (TPSA) is 37.3 Å². The first-order chi connectivity index (χ1) is 7.58. The predicted molar refractivity (Wildman–Crippen MR) is 61.7 cm³/mol. The largest absolute Gasteiger partial charge is 0.481 e. The fraction of sp³-hybridized carbons (Fsp3) is 0.417. The van der Waals surface area contributed by atoms with Gasteiger partial charge in [-0.1, -0.05) is 22.0 Å². The molecular weight excluding hydrogens is 275 g/mol. The van der Waals surface area contributed by atoms with Gasteiger partial charge in [0.2, 0.25) is 0 Å². The summed E-state index contributed by atoms with van der Waals surface area (Å²) in [7, 11) is 0. The third kappa shape index (κ3) is 2.26. The maximum absolute atomic E-state index is 12.9. The maximum atomic E-state index is 12.9. The van der Waals surface area contributed by atoms with Crippen molar-refractivity contribution in [2.24, 2.45) is 11.8 Å². The van der Waals surface area contributed by atoms with Gasteiger partial charge in [0.05, 0.1) is 5.92 Å². The molecule has 1 aliphatic rings. The van der Waals surface area contributed by atoms with Gasteiger partial charge in [-0.3, -0.25) is 4.79 Å². The van der Waals surface area contributed by atoms with Crippen molar-refractivity contribution in [1.82, 2.24) is 0 Å². The second kappa shape index (κ2) is 4.53. The number of benzene rings is 1. The first-order valence-corrected chi connectivity index (χ1v) is 6.04. The minimum atomic E-state index is -0.713. The summed E-state index contributed by atoms with van der Waals surface area (Å²) in [5.74, 6) is -1.02. The van der Waals surface area contributed by atoms with E-state index in [9.17, 15) is 9.18 Å². The molecule has 1 N–H and O–H groups in total. The lowest BCUT2D eigenvalue weighted by Crippen LogP contribution is -2.34. The number of carbonyl (C=O) groups is 1. The van der Waals surface area contributed by atoms with Crippen molar-refractivity contribution < 1.29 is 14.3 Å². The molecule has 0 amide bonds. The molecule has 0 radical (unpaired) electrons. The molecule has 86 valence electrons. The van der Waals surface area contributed by atoms with Gasteiger partial charge in [0, 0.05) is 4.47 Å². The summed E-state index contributed by atoms with van der Waals surface area (Å²) in [6.45, 7) is 0. The van der Waals surface area contributed by atoms with Gasteiger partial charge in [-0.15, -0.1) is 0 Å². The molecule has 0 bridgehead atoms. The third-order valence-corrected chi connectivity index (χ3v) is 3.97. The quantitative estimate of drug-likeness (QED) is 0.926. The number of aliphatic carboxylic acids is 1. The zero-order valence-electron chi connectivity index (χ0n) is 8.62. The van der Waals surface area contributed by atoms with Crippen LogP contribution in [0.4, 0.5) is 4.39 Å². The first-order valence-electron chi connectivity index (χ1n) is 5.24. The number of carboxylic acid groups (broad SMARTS) is 1. The SMILES string of the molecule is O=C(O)C1CCC1Cc1ccc(F)cc1Br. The van der Waals surface area contributed by atoms with E-state index in [4.69, 9.17) is 5.11 Å². The minimum Gasteiger partial charge on any atom is -0.481 e. The number of rotatable bonds is 3. The van der Waals surface area contributed by atoms with E-state index in [1.165, 1.54) is 12.1 Å². The van der Waals surface area contributed by atoms with Crippen LogP contribution in [0.15, 0.2) is 22.7 Å². The summed E-state index contributed by atoms with van der Waals surface area (Å²) in [5, 5.41) is 8.92. The molecule has 2 nitrogen and oxygen atoms in total. The highest BCUT2D eigenvalue weighted by atomic mass is 79.9. The molecule has 2 rings (SSSR count). The second-order valence-corrected chi connectivity index (χ2v) is 5.08. The van der Waals surface area contributed by atoms with E-state index in [-0.39, 0.29) is 17.7 Å². The summed E-state index contributed by atoms with van der Waals surface area (Å²) in [5.41, 5.74) is 0.984. The Bertz CT molecular complexity index is 419. The number of carboxylic acids is 1. The van der Waals surface area contributed by atoms with Crippen molar-refractivity contribution >= 4 is 21.9 Å². The maximum Gasteiger partial charge on any atom is 0.306 e. The monoisotopic (exact) mass is 286 g/mol. The van der Waals surface area contributed by atoms with Crippen LogP contribution in [0.1, 0.15) is 18.4 Å². The third-order valence-electron chi connectivity index (χ3n) is 3.23. The fourth-order valence-corrected chi connectivity index (χ4v) is 2.62. The molecule has 4 heteroatoms. The van der Waals surface area contributed by atoms with Crippen molar-refractivity contribution in [1.29, 1.82) is 0 Å². The van der Waals surface area contributed by atoms with Gasteiger partial charge in [0.15, 0.2) is 0 Å². The van der Waals surface area contributed by atoms with Crippen LogP contribution in [0.3, 0.4) is 0 Å². The molecule has 2 unspecified atom stereocenters. The lowest BCUT2D eigenvalue weighted by atomic mass is 9.71. The van der Waals surface area contributed by atoms with E-state index in [0.29, 0.717) is 6.42 Å². The molecule has 0 aromatic heterocycles. The average Bonchev–Trinajstić information content (AvgIpc) is 2.13. The minimum absolute atomic E-state index is 0.194. The Labute approximate surface area is 102 Å². The molecule has 0 aliphatic heterocycles. The molecule has 1 aromatic rings. The highest BCUT2D eigenvalue weighted by Crippen LogP contribution is 2.38. The lowest BCUT2D eigenvalue weighted by molar-refractivity contribution is -0.147. The van der Waals surface area contributed by atoms with Crippen LogP contribution in [-0.4, -0.2) is 11.1 Å². The summed E-state index contributed by atoms with van der Waals surface area (Å²) >= 11 is 3.30. The second-order valence-electron chi connectivity index (χ2n) is 4.22. The van der Waals surface area contributed by atoms with Crippen LogP contribution < -0.4 is 0 Å². The van der Waals surface area contributed by atoms with E-state index >= 15 is 0 Å². The Balaban J connectivity index is 2.07. The van der Waals surface area contributed by atoms with Gasteiger partial charge in [-0.05, 0) is 42.9 Å². The van der Waals surface area contributed by atoms with Gasteiger partial charge < -0.3 is 5.11 Å². The Kier molecular flexibility index (Phi) is 3.28.